The van der Waals surface area contributed by atoms with Crippen molar-refractivity contribution in [2.45, 2.75) is 31.9 Å². The molecular weight excluding hydrogens is 204 g/mol. The number of carbonyl (C=O) groups excluding carboxylic acids is 1. The number of ketones is 1. The summed E-state index contributed by atoms with van der Waals surface area (Å²) >= 11 is 0. The van der Waals surface area contributed by atoms with Crippen molar-refractivity contribution in [2.24, 2.45) is 17.3 Å². The molecule has 0 aromatic heterocycles. The van der Waals surface area contributed by atoms with E-state index >= 15 is 0 Å². The maximum absolute atomic E-state index is 11.7. The Labute approximate surface area is 83.4 Å². The van der Waals surface area contributed by atoms with Crippen LogP contribution in [0.1, 0.15) is 26.7 Å². The van der Waals surface area contributed by atoms with Crippen LogP contribution in [-0.4, -0.2) is 24.0 Å². The van der Waals surface area contributed by atoms with E-state index in [1.807, 2.05) is 13.8 Å². The number of hydrogen-bond donors (Lipinski definition) is 1. The lowest BCUT2D eigenvalue weighted by Crippen LogP contribution is -2.59. The first-order valence-corrected chi connectivity index (χ1v) is 6.25. The number of Topliss-reactive ketones (excluding diaryl/α,β-unsaturated/α-hetero) is 1. The van der Waals surface area contributed by atoms with Gasteiger partial charge in [-0.1, -0.05) is 13.8 Å². The fourth-order valence-corrected chi connectivity index (χ4v) is 3.70. The van der Waals surface area contributed by atoms with Crippen LogP contribution in [0.4, 0.5) is 0 Å². The van der Waals surface area contributed by atoms with E-state index in [1.54, 1.807) is 0 Å². The third-order valence-corrected chi connectivity index (χ3v) is 5.13. The van der Waals surface area contributed by atoms with Gasteiger partial charge in [0.2, 0.25) is 0 Å². The van der Waals surface area contributed by atoms with Gasteiger partial charge in [-0.05, 0) is 24.2 Å². The highest BCUT2D eigenvalue weighted by molar-refractivity contribution is 7.87. The van der Waals surface area contributed by atoms with E-state index in [9.17, 15) is 13.2 Å². The molecule has 1 N–H and O–H groups in total. The van der Waals surface area contributed by atoms with E-state index in [1.165, 1.54) is 0 Å². The molecule has 4 nitrogen and oxygen atoms in total. The molecule has 3 aliphatic rings. The highest BCUT2D eigenvalue weighted by Crippen LogP contribution is 2.58. The first-order valence-electron chi connectivity index (χ1n) is 4.74. The van der Waals surface area contributed by atoms with Crippen molar-refractivity contribution in [3.63, 3.8) is 0 Å². The van der Waals surface area contributed by atoms with Crippen LogP contribution in [0.3, 0.4) is 0 Å². The van der Waals surface area contributed by atoms with Gasteiger partial charge in [-0.15, -0.1) is 0 Å². The second-order valence-corrected chi connectivity index (χ2v) is 6.55. The van der Waals surface area contributed by atoms with Gasteiger partial charge in [0.1, 0.15) is 5.25 Å². The van der Waals surface area contributed by atoms with Gasteiger partial charge in [0, 0.05) is 5.92 Å². The van der Waals surface area contributed by atoms with Crippen LogP contribution in [-0.2, 0) is 14.9 Å². The Morgan fingerprint density at radius 3 is 2.29 bits per heavy atom. The van der Waals surface area contributed by atoms with Crippen molar-refractivity contribution in [3.8, 4) is 0 Å². The summed E-state index contributed by atoms with van der Waals surface area (Å²) in [5.41, 5.74) is -0.0712. The van der Waals surface area contributed by atoms with E-state index in [0.717, 1.165) is 6.42 Å². The van der Waals surface area contributed by atoms with Crippen LogP contribution in [0.2, 0.25) is 0 Å². The van der Waals surface area contributed by atoms with Crippen molar-refractivity contribution in [1.82, 2.24) is 0 Å². The summed E-state index contributed by atoms with van der Waals surface area (Å²) in [6.45, 7) is 3.98. The minimum atomic E-state index is -4.18. The molecule has 14 heavy (non-hydrogen) atoms. The molecule has 3 saturated carbocycles. The molecule has 0 spiro atoms. The van der Waals surface area contributed by atoms with Gasteiger partial charge >= 0.3 is 0 Å². The average Bonchev–Trinajstić information content (AvgIpc) is 2.01. The van der Waals surface area contributed by atoms with Crippen molar-refractivity contribution in [3.05, 3.63) is 0 Å². The summed E-state index contributed by atoms with van der Waals surface area (Å²) in [7, 11) is -4.18. The second-order valence-electron chi connectivity index (χ2n) is 4.95. The second kappa shape index (κ2) is 2.58. The van der Waals surface area contributed by atoms with Gasteiger partial charge < -0.3 is 0 Å². The maximum atomic E-state index is 11.7. The zero-order chi connectivity index (χ0) is 10.7. The van der Waals surface area contributed by atoms with Crippen LogP contribution < -0.4 is 0 Å². The molecule has 0 aromatic rings. The lowest BCUT2D eigenvalue weighted by molar-refractivity contribution is -0.147. The Kier molecular flexibility index (Phi) is 1.86. The SMILES string of the molecule is CC1(C)[C@@H]2C[C@H]1C(=O)[C@@H](S(=O)(=O)O)C2. The molecule has 3 aliphatic carbocycles. The quantitative estimate of drug-likeness (QED) is 0.663. The normalized spacial score (nSPS) is 40.5. The number of carbonyl (C=O) groups is 1. The molecule has 3 rings (SSSR count). The van der Waals surface area contributed by atoms with Crippen LogP contribution in [0.5, 0.6) is 0 Å². The molecule has 0 amide bonds. The van der Waals surface area contributed by atoms with Crippen molar-refractivity contribution < 1.29 is 17.8 Å². The molecule has 2 bridgehead atoms. The summed E-state index contributed by atoms with van der Waals surface area (Å²) in [6, 6.07) is 0. The lowest BCUT2D eigenvalue weighted by atomic mass is 9.48. The molecule has 0 radical (unpaired) electrons. The molecule has 0 heterocycles. The van der Waals surface area contributed by atoms with E-state index in [2.05, 4.69) is 0 Å². The predicted octanol–water partition coefficient (Wildman–Crippen LogP) is 0.878. The zero-order valence-electron chi connectivity index (χ0n) is 8.23. The monoisotopic (exact) mass is 218 g/mol. The Hall–Kier alpha value is -0.420. The van der Waals surface area contributed by atoms with Crippen molar-refractivity contribution in [1.29, 1.82) is 0 Å². The smallest absolute Gasteiger partial charge is 0.275 e. The van der Waals surface area contributed by atoms with E-state index in [0.29, 0.717) is 6.42 Å². The summed E-state index contributed by atoms with van der Waals surface area (Å²) < 4.78 is 30.7. The van der Waals surface area contributed by atoms with Crippen molar-refractivity contribution in [2.75, 3.05) is 0 Å². The fourth-order valence-electron chi connectivity index (χ4n) is 2.77. The highest BCUT2D eigenvalue weighted by atomic mass is 32.2. The lowest BCUT2D eigenvalue weighted by Gasteiger charge is -2.56. The summed E-state index contributed by atoms with van der Waals surface area (Å²) in [6.07, 6.45) is 1.08. The van der Waals surface area contributed by atoms with Gasteiger partial charge in [0.25, 0.3) is 10.1 Å². The van der Waals surface area contributed by atoms with E-state index < -0.39 is 15.4 Å². The minimum absolute atomic E-state index is 0.0712. The van der Waals surface area contributed by atoms with E-state index in [-0.39, 0.29) is 23.0 Å². The zero-order valence-corrected chi connectivity index (χ0v) is 9.04. The molecule has 3 atom stereocenters. The van der Waals surface area contributed by atoms with Gasteiger partial charge in [-0.2, -0.15) is 8.42 Å². The Morgan fingerprint density at radius 2 is 1.93 bits per heavy atom. The molecule has 80 valence electrons. The Balaban J connectivity index is 2.29. The fraction of sp³-hybridized carbons (Fsp3) is 0.889. The van der Waals surface area contributed by atoms with Gasteiger partial charge in [0.15, 0.2) is 5.78 Å². The molecule has 0 unspecified atom stereocenters. The average molecular weight is 218 g/mol. The first kappa shape index (κ1) is 10.1. The Bertz CT molecular complexity index is 382. The maximum Gasteiger partial charge on any atom is 0.275 e. The van der Waals surface area contributed by atoms with Crippen LogP contribution in [0, 0.1) is 17.3 Å². The van der Waals surface area contributed by atoms with Crippen LogP contribution in [0.25, 0.3) is 0 Å². The molecule has 5 heteroatoms. The highest BCUT2D eigenvalue weighted by Gasteiger charge is 2.60. The van der Waals surface area contributed by atoms with Gasteiger partial charge in [-0.3, -0.25) is 9.35 Å². The molecular formula is C9H14O4S. The summed E-state index contributed by atoms with van der Waals surface area (Å²) in [5.74, 6) is -0.203. The number of rotatable bonds is 1. The molecule has 0 aliphatic heterocycles. The summed E-state index contributed by atoms with van der Waals surface area (Å²) in [5, 5.41) is -1.15. The summed E-state index contributed by atoms with van der Waals surface area (Å²) in [4.78, 5) is 11.7. The van der Waals surface area contributed by atoms with Crippen LogP contribution in [0.15, 0.2) is 0 Å². The molecule has 0 saturated heterocycles. The standard InChI is InChI=1S/C9H14O4S/c1-9(2)5-3-6(9)8(10)7(4-5)14(11,12)13/h5-7H,3-4H2,1-2H3,(H,11,12,13)/t5-,6+,7+/m1/s1. The number of fused-ring (bicyclic) bond motifs is 2. The predicted molar refractivity (Wildman–Crippen MR) is 50.3 cm³/mol. The third-order valence-electron chi connectivity index (χ3n) is 3.99. The third kappa shape index (κ3) is 1.15. The van der Waals surface area contributed by atoms with Gasteiger partial charge in [-0.25, -0.2) is 0 Å². The number of hydrogen-bond acceptors (Lipinski definition) is 3. The topological polar surface area (TPSA) is 71.4 Å². The minimum Gasteiger partial charge on any atom is -0.298 e. The van der Waals surface area contributed by atoms with Gasteiger partial charge in [0.05, 0.1) is 0 Å². The van der Waals surface area contributed by atoms with Crippen molar-refractivity contribution >= 4 is 15.9 Å². The first-order chi connectivity index (χ1) is 6.24. The largest absolute Gasteiger partial charge is 0.298 e. The Morgan fingerprint density at radius 1 is 1.36 bits per heavy atom. The van der Waals surface area contributed by atoms with E-state index in [4.69, 9.17) is 4.55 Å². The van der Waals surface area contributed by atoms with Crippen LogP contribution >= 0.6 is 0 Å². The molecule has 3 fully saturated rings. The molecule has 0 aromatic carbocycles.